The van der Waals surface area contributed by atoms with Gasteiger partial charge in [0.25, 0.3) is 5.69 Å². The summed E-state index contributed by atoms with van der Waals surface area (Å²) in [5, 5.41) is 21.9. The number of nitro groups is 1. The number of fused-ring (bicyclic) bond motifs is 2. The lowest BCUT2D eigenvalue weighted by Gasteiger charge is -2.02. The van der Waals surface area contributed by atoms with Gasteiger partial charge in [-0.05, 0) is 74.2 Å². The van der Waals surface area contributed by atoms with E-state index in [0.29, 0.717) is 5.75 Å². The minimum absolute atomic E-state index is 0.118. The number of hydrogen-bond acceptors (Lipinski definition) is 5. The van der Waals surface area contributed by atoms with Gasteiger partial charge in [0.1, 0.15) is 5.75 Å². The second-order valence-corrected chi connectivity index (χ2v) is 6.95. The van der Waals surface area contributed by atoms with Crippen molar-refractivity contribution in [1.29, 1.82) is 0 Å². The summed E-state index contributed by atoms with van der Waals surface area (Å²) in [6, 6.07) is 10.5. The van der Waals surface area contributed by atoms with E-state index in [4.69, 9.17) is 0 Å². The van der Waals surface area contributed by atoms with Gasteiger partial charge in [-0.2, -0.15) is 0 Å². The van der Waals surface area contributed by atoms with Crippen molar-refractivity contribution >= 4 is 27.5 Å². The maximum atomic E-state index is 10.7. The van der Waals surface area contributed by atoms with Gasteiger partial charge >= 0.3 is 0 Å². The molecule has 2 heterocycles. The van der Waals surface area contributed by atoms with Crippen LogP contribution >= 0.6 is 0 Å². The Balaban J connectivity index is 0.000000162. The smallest absolute Gasteiger partial charge is 0.270 e. The molecule has 0 fully saturated rings. The predicted octanol–water partition coefficient (Wildman–Crippen LogP) is 5.32. The number of phenols is 1. The van der Waals surface area contributed by atoms with Gasteiger partial charge in [-0.15, -0.1) is 0 Å². The third-order valence-electron chi connectivity index (χ3n) is 4.40. The first-order chi connectivity index (χ1) is 13.2. The first kappa shape index (κ1) is 19.2. The number of aryl methyl sites for hydroxylation is 4. The van der Waals surface area contributed by atoms with Crippen LogP contribution in [0.15, 0.2) is 48.8 Å². The van der Waals surface area contributed by atoms with E-state index in [1.165, 1.54) is 0 Å². The zero-order valence-electron chi connectivity index (χ0n) is 16.2. The fraction of sp³-hybridized carbons (Fsp3) is 0.182. The molecular weight excluding hydrogens is 354 g/mol. The van der Waals surface area contributed by atoms with Gasteiger partial charge in [0.05, 0.1) is 16.0 Å². The van der Waals surface area contributed by atoms with Crippen LogP contribution in [-0.2, 0) is 0 Å². The Morgan fingerprint density at radius 1 is 0.786 bits per heavy atom. The van der Waals surface area contributed by atoms with Gasteiger partial charge < -0.3 is 5.11 Å². The normalized spacial score (nSPS) is 10.6. The Labute approximate surface area is 162 Å². The molecule has 28 heavy (non-hydrogen) atoms. The number of benzene rings is 2. The number of pyridine rings is 2. The maximum Gasteiger partial charge on any atom is 0.270 e. The molecule has 4 aromatic rings. The van der Waals surface area contributed by atoms with Crippen molar-refractivity contribution in [3.8, 4) is 5.75 Å². The second kappa shape index (κ2) is 7.60. The van der Waals surface area contributed by atoms with Crippen molar-refractivity contribution < 1.29 is 10.0 Å². The van der Waals surface area contributed by atoms with Crippen molar-refractivity contribution in [3.63, 3.8) is 0 Å². The zero-order chi connectivity index (χ0) is 20.4. The van der Waals surface area contributed by atoms with E-state index >= 15 is 0 Å². The highest BCUT2D eigenvalue weighted by Crippen LogP contribution is 2.24. The number of nitro benzene ring substituents is 1. The van der Waals surface area contributed by atoms with Crippen LogP contribution in [0.3, 0.4) is 0 Å². The van der Waals surface area contributed by atoms with Gasteiger partial charge in [0, 0.05) is 35.3 Å². The first-order valence-corrected chi connectivity index (χ1v) is 8.82. The topological polar surface area (TPSA) is 89.2 Å². The average Bonchev–Trinajstić information content (AvgIpc) is 2.61. The fourth-order valence-electron chi connectivity index (χ4n) is 3.15. The van der Waals surface area contributed by atoms with Crippen LogP contribution < -0.4 is 0 Å². The number of aromatic hydroxyl groups is 1. The molecule has 0 aliphatic carbocycles. The Hall–Kier alpha value is -3.54. The van der Waals surface area contributed by atoms with Crippen LogP contribution in [0.5, 0.6) is 5.75 Å². The molecular formula is C22H21N3O3. The molecule has 6 nitrogen and oxygen atoms in total. The molecule has 4 rings (SSSR count). The Bertz CT molecular complexity index is 1200. The molecule has 0 saturated heterocycles. The van der Waals surface area contributed by atoms with Crippen LogP contribution in [0.25, 0.3) is 21.8 Å². The molecule has 0 amide bonds. The van der Waals surface area contributed by atoms with E-state index in [2.05, 4.69) is 9.97 Å². The molecule has 6 heteroatoms. The fourth-order valence-corrected chi connectivity index (χ4v) is 3.15. The van der Waals surface area contributed by atoms with E-state index in [9.17, 15) is 15.2 Å². The Morgan fingerprint density at radius 3 is 1.82 bits per heavy atom. The molecule has 0 unspecified atom stereocenters. The summed E-state index contributed by atoms with van der Waals surface area (Å²) in [6.45, 7) is 7.69. The third-order valence-corrected chi connectivity index (χ3v) is 4.40. The van der Waals surface area contributed by atoms with E-state index in [0.717, 1.165) is 44.1 Å². The monoisotopic (exact) mass is 375 g/mol. The van der Waals surface area contributed by atoms with Crippen LogP contribution in [-0.4, -0.2) is 20.0 Å². The highest BCUT2D eigenvalue weighted by Gasteiger charge is 2.09. The van der Waals surface area contributed by atoms with Gasteiger partial charge in [-0.3, -0.25) is 20.1 Å². The number of phenolic OH excluding ortho intramolecular Hbond substituents is 1. The first-order valence-electron chi connectivity index (χ1n) is 8.82. The van der Waals surface area contributed by atoms with E-state index in [1.54, 1.807) is 30.5 Å². The Morgan fingerprint density at radius 2 is 1.29 bits per heavy atom. The van der Waals surface area contributed by atoms with Gasteiger partial charge in [0.2, 0.25) is 0 Å². The summed E-state index contributed by atoms with van der Waals surface area (Å²) < 4.78 is 0. The lowest BCUT2D eigenvalue weighted by Crippen LogP contribution is -1.91. The maximum absolute atomic E-state index is 10.7. The standard InChI is InChI=1S/C11H10N2O2.C11H11NO/c1-7-3-9-5-10(13(14)15)4-8(2)11(9)12-6-7;1-7-3-9-5-10(13)4-8(2)11(9)12-6-7/h3-6H,1-2H3;3-6,13H,1-2H3. The zero-order valence-corrected chi connectivity index (χ0v) is 16.2. The van der Waals surface area contributed by atoms with Crippen LogP contribution in [0.2, 0.25) is 0 Å². The third kappa shape index (κ3) is 4.06. The summed E-state index contributed by atoms with van der Waals surface area (Å²) >= 11 is 0. The summed E-state index contributed by atoms with van der Waals surface area (Å²) in [7, 11) is 0. The molecule has 142 valence electrons. The summed E-state index contributed by atoms with van der Waals surface area (Å²) in [6.07, 6.45) is 3.60. The number of hydrogen-bond donors (Lipinski definition) is 1. The molecule has 0 aliphatic rings. The van der Waals surface area contributed by atoms with E-state index < -0.39 is 0 Å². The highest BCUT2D eigenvalue weighted by molar-refractivity contribution is 5.85. The second-order valence-electron chi connectivity index (χ2n) is 6.95. The van der Waals surface area contributed by atoms with Crippen LogP contribution in [0, 0.1) is 37.8 Å². The van der Waals surface area contributed by atoms with Gasteiger partial charge in [-0.25, -0.2) is 0 Å². The SMILES string of the molecule is Cc1cnc2c(C)cc(O)cc2c1.Cc1cnc2c(C)cc([N+](=O)[O-])cc2c1. The van der Waals surface area contributed by atoms with Crippen molar-refractivity contribution in [2.24, 2.45) is 0 Å². The number of non-ortho nitro benzene ring substituents is 1. The molecule has 0 saturated carbocycles. The molecule has 0 bridgehead atoms. The highest BCUT2D eigenvalue weighted by atomic mass is 16.6. The largest absolute Gasteiger partial charge is 0.508 e. The minimum atomic E-state index is -0.380. The van der Waals surface area contributed by atoms with E-state index in [1.807, 2.05) is 46.0 Å². The van der Waals surface area contributed by atoms with Gasteiger partial charge in [-0.1, -0.05) is 0 Å². The minimum Gasteiger partial charge on any atom is -0.508 e. The Kier molecular flexibility index (Phi) is 5.22. The predicted molar refractivity (Wildman–Crippen MR) is 111 cm³/mol. The van der Waals surface area contributed by atoms with Gasteiger partial charge in [0.15, 0.2) is 0 Å². The summed E-state index contributed by atoms with van der Waals surface area (Å²) in [5.41, 5.74) is 5.86. The molecule has 0 aliphatic heterocycles. The van der Waals surface area contributed by atoms with E-state index in [-0.39, 0.29) is 10.6 Å². The molecule has 2 aromatic heterocycles. The quantitative estimate of drug-likeness (QED) is 0.359. The number of rotatable bonds is 1. The number of nitrogens with zero attached hydrogens (tertiary/aromatic N) is 3. The molecule has 0 atom stereocenters. The van der Waals surface area contributed by atoms with Crippen molar-refractivity contribution in [1.82, 2.24) is 9.97 Å². The lowest BCUT2D eigenvalue weighted by molar-refractivity contribution is -0.384. The molecule has 0 radical (unpaired) electrons. The molecule has 0 spiro atoms. The number of aromatic nitrogens is 2. The summed E-state index contributed by atoms with van der Waals surface area (Å²) in [4.78, 5) is 18.9. The molecule has 2 aromatic carbocycles. The van der Waals surface area contributed by atoms with Crippen molar-refractivity contribution in [3.05, 3.63) is 81.2 Å². The van der Waals surface area contributed by atoms with Crippen molar-refractivity contribution in [2.45, 2.75) is 27.7 Å². The molecule has 1 N–H and O–H groups in total. The lowest BCUT2D eigenvalue weighted by atomic mass is 10.1. The van der Waals surface area contributed by atoms with Crippen molar-refractivity contribution in [2.75, 3.05) is 0 Å². The van der Waals surface area contributed by atoms with Crippen LogP contribution in [0.1, 0.15) is 22.3 Å². The average molecular weight is 375 g/mol. The van der Waals surface area contributed by atoms with Crippen LogP contribution in [0.4, 0.5) is 5.69 Å². The summed E-state index contributed by atoms with van der Waals surface area (Å²) in [5.74, 6) is 0.303.